The molecule has 0 aliphatic heterocycles. The average molecular weight is 200 g/mol. The molecule has 1 aliphatic carbocycles. The highest BCUT2D eigenvalue weighted by molar-refractivity contribution is 5.80. The van der Waals surface area contributed by atoms with Crippen LogP contribution in [-0.2, 0) is 9.59 Å². The van der Waals surface area contributed by atoms with Gasteiger partial charge in [0.2, 0.25) is 0 Å². The molecule has 14 heavy (non-hydrogen) atoms. The third-order valence-electron chi connectivity index (χ3n) is 4.00. The number of carboxylic acid groups (broad SMARTS) is 2. The third kappa shape index (κ3) is 1.21. The molecule has 1 saturated carbocycles. The first-order valence-corrected chi connectivity index (χ1v) is 4.69. The first kappa shape index (κ1) is 11.0. The molecule has 1 fully saturated rings. The zero-order valence-electron chi connectivity index (χ0n) is 8.70. The van der Waals surface area contributed by atoms with Crippen molar-refractivity contribution in [3.05, 3.63) is 0 Å². The molecule has 0 saturated heterocycles. The number of hydrogen-bond donors (Lipinski definition) is 2. The number of carboxylic acids is 2. The van der Waals surface area contributed by atoms with E-state index in [1.54, 1.807) is 20.8 Å². The van der Waals surface area contributed by atoms with Crippen LogP contribution >= 0.6 is 0 Å². The van der Waals surface area contributed by atoms with Gasteiger partial charge in [-0.25, -0.2) is 0 Å². The number of rotatable bonds is 2. The fourth-order valence-corrected chi connectivity index (χ4v) is 2.32. The summed E-state index contributed by atoms with van der Waals surface area (Å²) in [5.74, 6) is -2.34. The summed E-state index contributed by atoms with van der Waals surface area (Å²) in [4.78, 5) is 22.0. The Kier molecular flexibility index (Phi) is 2.34. The first-order valence-electron chi connectivity index (χ1n) is 4.69. The topological polar surface area (TPSA) is 74.6 Å². The van der Waals surface area contributed by atoms with Gasteiger partial charge >= 0.3 is 11.9 Å². The van der Waals surface area contributed by atoms with Crippen LogP contribution in [0.15, 0.2) is 0 Å². The summed E-state index contributed by atoms with van der Waals surface area (Å²) in [6.07, 6.45) is 0.886. The fraction of sp³-hybridized carbons (Fsp3) is 0.800. The van der Waals surface area contributed by atoms with Gasteiger partial charge in [-0.1, -0.05) is 13.8 Å². The van der Waals surface area contributed by atoms with Gasteiger partial charge in [-0.3, -0.25) is 9.59 Å². The summed E-state index contributed by atoms with van der Waals surface area (Å²) >= 11 is 0. The normalized spacial score (nSPS) is 35.5. The molecule has 0 heterocycles. The van der Waals surface area contributed by atoms with Crippen LogP contribution in [0.3, 0.4) is 0 Å². The molecular formula is C10H16O4. The van der Waals surface area contributed by atoms with E-state index in [4.69, 9.17) is 10.2 Å². The minimum absolute atomic E-state index is 0.437. The molecule has 4 nitrogen and oxygen atoms in total. The Morgan fingerprint density at radius 2 is 1.71 bits per heavy atom. The van der Waals surface area contributed by atoms with Gasteiger partial charge in [-0.05, 0) is 25.2 Å². The highest BCUT2D eigenvalue weighted by Gasteiger charge is 2.58. The smallest absolute Gasteiger partial charge is 0.309 e. The molecule has 2 atom stereocenters. The van der Waals surface area contributed by atoms with Crippen LogP contribution in [0.5, 0.6) is 0 Å². The Bertz CT molecular complexity index is 282. The molecule has 1 unspecified atom stereocenters. The highest BCUT2D eigenvalue weighted by atomic mass is 16.4. The maximum absolute atomic E-state index is 11.1. The summed E-state index contributed by atoms with van der Waals surface area (Å²) in [5.41, 5.74) is -1.61. The second-order valence-corrected chi connectivity index (χ2v) is 4.79. The van der Waals surface area contributed by atoms with Crippen LogP contribution in [0.1, 0.15) is 33.6 Å². The SMILES string of the molecule is CC1(C)C(C(=O)O)CC[C@@]1(C)C(=O)O. The van der Waals surface area contributed by atoms with E-state index in [9.17, 15) is 9.59 Å². The molecule has 0 radical (unpaired) electrons. The van der Waals surface area contributed by atoms with Crippen molar-refractivity contribution in [3.8, 4) is 0 Å². The lowest BCUT2D eigenvalue weighted by Crippen LogP contribution is -2.42. The molecule has 0 bridgehead atoms. The van der Waals surface area contributed by atoms with Crippen molar-refractivity contribution in [1.82, 2.24) is 0 Å². The lowest BCUT2D eigenvalue weighted by molar-refractivity contribution is -0.157. The maximum atomic E-state index is 11.1. The van der Waals surface area contributed by atoms with Gasteiger partial charge in [0.25, 0.3) is 0 Å². The molecule has 0 aromatic heterocycles. The third-order valence-corrected chi connectivity index (χ3v) is 4.00. The zero-order valence-corrected chi connectivity index (χ0v) is 8.70. The van der Waals surface area contributed by atoms with Crippen molar-refractivity contribution in [3.63, 3.8) is 0 Å². The predicted molar refractivity (Wildman–Crippen MR) is 49.9 cm³/mol. The van der Waals surface area contributed by atoms with Gasteiger partial charge in [0.1, 0.15) is 0 Å². The molecular weight excluding hydrogens is 184 g/mol. The Morgan fingerprint density at radius 1 is 1.21 bits per heavy atom. The van der Waals surface area contributed by atoms with Crippen LogP contribution in [0, 0.1) is 16.7 Å². The summed E-state index contributed by atoms with van der Waals surface area (Å²) in [6, 6.07) is 0. The lowest BCUT2D eigenvalue weighted by atomic mass is 9.66. The van der Waals surface area contributed by atoms with Crippen LogP contribution in [0.4, 0.5) is 0 Å². The average Bonchev–Trinajstić information content (AvgIpc) is 2.24. The number of aliphatic carboxylic acids is 2. The largest absolute Gasteiger partial charge is 0.481 e. The first-order chi connectivity index (χ1) is 6.23. The summed E-state index contributed by atoms with van der Waals surface area (Å²) in [5, 5.41) is 18.1. The molecule has 0 aromatic carbocycles. The van der Waals surface area contributed by atoms with E-state index in [2.05, 4.69) is 0 Å². The Balaban J connectivity index is 3.08. The minimum atomic E-state index is -0.921. The van der Waals surface area contributed by atoms with E-state index < -0.39 is 28.7 Å². The molecule has 80 valence electrons. The Morgan fingerprint density at radius 3 is 1.93 bits per heavy atom. The van der Waals surface area contributed by atoms with Gasteiger partial charge in [-0.15, -0.1) is 0 Å². The molecule has 0 aromatic rings. The van der Waals surface area contributed by atoms with E-state index in [1.165, 1.54) is 0 Å². The molecule has 2 N–H and O–H groups in total. The second-order valence-electron chi connectivity index (χ2n) is 4.79. The van der Waals surface area contributed by atoms with Gasteiger partial charge in [0, 0.05) is 0 Å². The predicted octanol–water partition coefficient (Wildman–Crippen LogP) is 1.60. The highest BCUT2D eigenvalue weighted by Crippen LogP contribution is 2.56. The quantitative estimate of drug-likeness (QED) is 0.710. The van der Waals surface area contributed by atoms with Gasteiger partial charge in [-0.2, -0.15) is 0 Å². The van der Waals surface area contributed by atoms with Crippen LogP contribution in [-0.4, -0.2) is 22.2 Å². The monoisotopic (exact) mass is 200 g/mol. The van der Waals surface area contributed by atoms with E-state index in [-0.39, 0.29) is 0 Å². The van der Waals surface area contributed by atoms with Crippen LogP contribution < -0.4 is 0 Å². The molecule has 0 spiro atoms. The van der Waals surface area contributed by atoms with Gasteiger partial charge in [0.05, 0.1) is 11.3 Å². The second kappa shape index (κ2) is 2.97. The standard InChI is InChI=1S/C10H16O4/c1-9(2)6(7(11)12)4-5-10(9,3)8(13)14/h6H,4-5H2,1-3H3,(H,11,12)(H,13,14)/t6?,10-/m0/s1. The van der Waals surface area contributed by atoms with Crippen molar-refractivity contribution < 1.29 is 19.8 Å². The van der Waals surface area contributed by atoms with Gasteiger partial charge in [0.15, 0.2) is 0 Å². The molecule has 1 rings (SSSR count). The minimum Gasteiger partial charge on any atom is -0.481 e. The van der Waals surface area contributed by atoms with Crippen molar-refractivity contribution >= 4 is 11.9 Å². The van der Waals surface area contributed by atoms with Crippen LogP contribution in [0.2, 0.25) is 0 Å². The summed E-state index contributed by atoms with van der Waals surface area (Å²) < 4.78 is 0. The van der Waals surface area contributed by atoms with Crippen molar-refractivity contribution in [2.45, 2.75) is 33.6 Å². The Labute approximate surface area is 82.9 Å². The summed E-state index contributed by atoms with van der Waals surface area (Å²) in [6.45, 7) is 5.10. The molecule has 1 aliphatic rings. The van der Waals surface area contributed by atoms with Crippen molar-refractivity contribution in [2.24, 2.45) is 16.7 Å². The fourth-order valence-electron chi connectivity index (χ4n) is 2.32. The van der Waals surface area contributed by atoms with Crippen LogP contribution in [0.25, 0.3) is 0 Å². The maximum Gasteiger partial charge on any atom is 0.309 e. The number of hydrogen-bond acceptors (Lipinski definition) is 2. The van der Waals surface area contributed by atoms with Crippen molar-refractivity contribution in [2.75, 3.05) is 0 Å². The van der Waals surface area contributed by atoms with E-state index in [1.807, 2.05) is 0 Å². The van der Waals surface area contributed by atoms with Gasteiger partial charge < -0.3 is 10.2 Å². The van der Waals surface area contributed by atoms with E-state index in [0.29, 0.717) is 12.8 Å². The number of carbonyl (C=O) groups is 2. The van der Waals surface area contributed by atoms with E-state index >= 15 is 0 Å². The molecule has 0 amide bonds. The van der Waals surface area contributed by atoms with Crippen molar-refractivity contribution in [1.29, 1.82) is 0 Å². The molecule has 4 heteroatoms. The van der Waals surface area contributed by atoms with E-state index in [0.717, 1.165) is 0 Å². The summed E-state index contributed by atoms with van der Waals surface area (Å²) in [7, 11) is 0. The zero-order chi connectivity index (χ0) is 11.1. The Hall–Kier alpha value is -1.06. The lowest BCUT2D eigenvalue weighted by Gasteiger charge is -2.36.